The lowest BCUT2D eigenvalue weighted by Gasteiger charge is -2.16. The highest BCUT2D eigenvalue weighted by Gasteiger charge is 2.17. The second kappa shape index (κ2) is 3.95. The molecular formula is C13H18N2. The zero-order chi connectivity index (χ0) is 10.1. The van der Waals surface area contributed by atoms with Crippen molar-refractivity contribution < 1.29 is 0 Å². The lowest BCUT2D eigenvalue weighted by Crippen LogP contribution is -2.19. The van der Waals surface area contributed by atoms with Crippen LogP contribution in [0.25, 0.3) is 0 Å². The molecule has 0 spiro atoms. The minimum atomic E-state index is 1.06. The van der Waals surface area contributed by atoms with E-state index < -0.39 is 0 Å². The van der Waals surface area contributed by atoms with E-state index in [2.05, 4.69) is 28.4 Å². The summed E-state index contributed by atoms with van der Waals surface area (Å²) in [6.07, 6.45) is 2.76. The summed E-state index contributed by atoms with van der Waals surface area (Å²) in [6, 6.07) is 6.75. The third-order valence-corrected chi connectivity index (χ3v) is 3.58. The SMILES string of the molecule is c1cc2c(c(CN3CCCC3)c1)CNC2. The number of fused-ring (bicyclic) bond motifs is 1. The van der Waals surface area contributed by atoms with Crippen molar-refractivity contribution >= 4 is 0 Å². The molecule has 0 aliphatic carbocycles. The molecule has 2 heteroatoms. The van der Waals surface area contributed by atoms with Crippen LogP contribution in [0, 0.1) is 0 Å². The standard InChI is InChI=1S/C13H18N2/c1-2-7-15(6-1)10-12-5-3-4-11-8-14-9-13(11)12/h3-5,14H,1-2,6-10H2. The number of nitrogens with one attached hydrogen (secondary N) is 1. The van der Waals surface area contributed by atoms with E-state index in [0.717, 1.165) is 19.6 Å². The van der Waals surface area contributed by atoms with Crippen LogP contribution in [-0.4, -0.2) is 18.0 Å². The molecule has 80 valence electrons. The van der Waals surface area contributed by atoms with Crippen LogP contribution < -0.4 is 5.32 Å². The number of rotatable bonds is 2. The molecule has 2 heterocycles. The van der Waals surface area contributed by atoms with E-state index >= 15 is 0 Å². The average molecular weight is 202 g/mol. The maximum Gasteiger partial charge on any atom is 0.0237 e. The molecule has 0 aromatic heterocycles. The van der Waals surface area contributed by atoms with Crippen molar-refractivity contribution in [2.75, 3.05) is 13.1 Å². The fraction of sp³-hybridized carbons (Fsp3) is 0.538. The smallest absolute Gasteiger partial charge is 0.0237 e. The molecule has 0 bridgehead atoms. The molecule has 0 atom stereocenters. The first kappa shape index (κ1) is 9.37. The Bertz CT molecular complexity index is 354. The van der Waals surface area contributed by atoms with Crippen molar-refractivity contribution in [3.8, 4) is 0 Å². The first-order valence-corrected chi connectivity index (χ1v) is 5.96. The van der Waals surface area contributed by atoms with Crippen LogP contribution >= 0.6 is 0 Å². The average Bonchev–Trinajstić information content (AvgIpc) is 2.87. The van der Waals surface area contributed by atoms with Crippen LogP contribution in [0.3, 0.4) is 0 Å². The van der Waals surface area contributed by atoms with E-state index in [9.17, 15) is 0 Å². The monoisotopic (exact) mass is 202 g/mol. The van der Waals surface area contributed by atoms with Crippen molar-refractivity contribution in [1.82, 2.24) is 10.2 Å². The van der Waals surface area contributed by atoms with Gasteiger partial charge in [-0.25, -0.2) is 0 Å². The fourth-order valence-electron chi connectivity index (χ4n) is 2.73. The Morgan fingerprint density at radius 2 is 2.00 bits per heavy atom. The molecule has 1 aromatic rings. The predicted octanol–water partition coefficient (Wildman–Crippen LogP) is 1.89. The van der Waals surface area contributed by atoms with Gasteiger partial charge in [-0.3, -0.25) is 4.90 Å². The largest absolute Gasteiger partial charge is 0.309 e. The molecule has 1 fully saturated rings. The molecule has 1 aromatic carbocycles. The third-order valence-electron chi connectivity index (χ3n) is 3.58. The number of likely N-dealkylation sites (tertiary alicyclic amines) is 1. The molecule has 0 saturated carbocycles. The van der Waals surface area contributed by atoms with Crippen LogP contribution in [0.15, 0.2) is 18.2 Å². The van der Waals surface area contributed by atoms with Crippen molar-refractivity contribution in [2.45, 2.75) is 32.5 Å². The third kappa shape index (κ3) is 1.80. The Kier molecular flexibility index (Phi) is 2.47. The summed E-state index contributed by atoms with van der Waals surface area (Å²) in [7, 11) is 0. The fourth-order valence-corrected chi connectivity index (χ4v) is 2.73. The summed E-state index contributed by atoms with van der Waals surface area (Å²) in [4.78, 5) is 2.58. The molecule has 0 amide bonds. The normalized spacial score (nSPS) is 20.8. The highest BCUT2D eigenvalue weighted by molar-refractivity contribution is 5.37. The minimum Gasteiger partial charge on any atom is -0.309 e. The van der Waals surface area contributed by atoms with Crippen molar-refractivity contribution in [3.63, 3.8) is 0 Å². The molecule has 1 saturated heterocycles. The van der Waals surface area contributed by atoms with Crippen molar-refractivity contribution in [3.05, 3.63) is 34.9 Å². The maximum atomic E-state index is 3.43. The van der Waals surface area contributed by atoms with E-state index in [1.807, 2.05) is 0 Å². The van der Waals surface area contributed by atoms with Gasteiger partial charge in [0.25, 0.3) is 0 Å². The van der Waals surface area contributed by atoms with Crippen LogP contribution in [0.2, 0.25) is 0 Å². The lowest BCUT2D eigenvalue weighted by molar-refractivity contribution is 0.330. The predicted molar refractivity (Wildman–Crippen MR) is 61.5 cm³/mol. The van der Waals surface area contributed by atoms with Crippen LogP contribution in [0.1, 0.15) is 29.5 Å². The van der Waals surface area contributed by atoms with Gasteiger partial charge >= 0.3 is 0 Å². The van der Waals surface area contributed by atoms with Gasteiger partial charge in [0.15, 0.2) is 0 Å². The van der Waals surface area contributed by atoms with E-state index in [4.69, 9.17) is 0 Å². The molecule has 2 nitrogen and oxygen atoms in total. The summed E-state index contributed by atoms with van der Waals surface area (Å²) in [5.41, 5.74) is 4.61. The second-order valence-corrected chi connectivity index (χ2v) is 4.64. The van der Waals surface area contributed by atoms with Crippen LogP contribution in [0.5, 0.6) is 0 Å². The van der Waals surface area contributed by atoms with E-state index in [1.54, 1.807) is 11.1 Å². The van der Waals surface area contributed by atoms with Gasteiger partial charge in [-0.05, 0) is 42.6 Å². The van der Waals surface area contributed by atoms with E-state index in [1.165, 1.54) is 31.5 Å². The van der Waals surface area contributed by atoms with Gasteiger partial charge in [0.1, 0.15) is 0 Å². The quantitative estimate of drug-likeness (QED) is 0.788. The Morgan fingerprint density at radius 3 is 2.87 bits per heavy atom. The van der Waals surface area contributed by atoms with Crippen molar-refractivity contribution in [2.24, 2.45) is 0 Å². The summed E-state index contributed by atoms with van der Waals surface area (Å²) in [5.74, 6) is 0. The van der Waals surface area contributed by atoms with Gasteiger partial charge in [-0.15, -0.1) is 0 Å². The summed E-state index contributed by atoms with van der Waals surface area (Å²) >= 11 is 0. The molecule has 0 unspecified atom stereocenters. The summed E-state index contributed by atoms with van der Waals surface area (Å²) < 4.78 is 0. The Balaban J connectivity index is 1.82. The van der Waals surface area contributed by atoms with Gasteiger partial charge < -0.3 is 5.32 Å². The van der Waals surface area contributed by atoms with Gasteiger partial charge in [-0.2, -0.15) is 0 Å². The molecule has 2 aliphatic rings. The van der Waals surface area contributed by atoms with Gasteiger partial charge in [0.05, 0.1) is 0 Å². The number of hydrogen-bond acceptors (Lipinski definition) is 2. The molecule has 15 heavy (non-hydrogen) atoms. The molecule has 0 radical (unpaired) electrons. The van der Waals surface area contributed by atoms with Crippen molar-refractivity contribution in [1.29, 1.82) is 0 Å². The van der Waals surface area contributed by atoms with Gasteiger partial charge in [-0.1, -0.05) is 18.2 Å². The highest BCUT2D eigenvalue weighted by Crippen LogP contribution is 2.22. The first-order chi connectivity index (χ1) is 7.43. The van der Waals surface area contributed by atoms with E-state index in [-0.39, 0.29) is 0 Å². The first-order valence-electron chi connectivity index (χ1n) is 5.96. The van der Waals surface area contributed by atoms with Crippen LogP contribution in [0.4, 0.5) is 0 Å². The van der Waals surface area contributed by atoms with Gasteiger partial charge in [0, 0.05) is 19.6 Å². The topological polar surface area (TPSA) is 15.3 Å². The Hall–Kier alpha value is -0.860. The zero-order valence-corrected chi connectivity index (χ0v) is 9.13. The van der Waals surface area contributed by atoms with Gasteiger partial charge in [0.2, 0.25) is 0 Å². The minimum absolute atomic E-state index is 1.06. The molecular weight excluding hydrogens is 184 g/mol. The van der Waals surface area contributed by atoms with Crippen LogP contribution in [-0.2, 0) is 19.6 Å². The number of hydrogen-bond donors (Lipinski definition) is 1. The maximum absolute atomic E-state index is 3.43. The summed E-state index contributed by atoms with van der Waals surface area (Å²) in [6.45, 7) is 5.86. The number of nitrogens with zero attached hydrogens (tertiary/aromatic N) is 1. The Labute approximate surface area is 91.3 Å². The molecule has 1 N–H and O–H groups in total. The van der Waals surface area contributed by atoms with E-state index in [0.29, 0.717) is 0 Å². The zero-order valence-electron chi connectivity index (χ0n) is 9.13. The summed E-state index contributed by atoms with van der Waals surface area (Å²) in [5, 5.41) is 3.43. The molecule has 2 aliphatic heterocycles. The second-order valence-electron chi connectivity index (χ2n) is 4.64. The number of benzene rings is 1. The lowest BCUT2D eigenvalue weighted by atomic mass is 10.0. The Morgan fingerprint density at radius 1 is 1.13 bits per heavy atom. The molecule has 3 rings (SSSR count). The highest BCUT2D eigenvalue weighted by atomic mass is 15.1.